The van der Waals surface area contributed by atoms with E-state index >= 15 is 0 Å². The van der Waals surface area contributed by atoms with Gasteiger partial charge in [0.15, 0.2) is 5.11 Å². The van der Waals surface area contributed by atoms with E-state index in [1.54, 1.807) is 22.7 Å². The van der Waals surface area contributed by atoms with Crippen molar-refractivity contribution < 1.29 is 8.42 Å². The van der Waals surface area contributed by atoms with Gasteiger partial charge >= 0.3 is 0 Å². The molecule has 0 unspecified atom stereocenters. The van der Waals surface area contributed by atoms with Crippen molar-refractivity contribution in [2.75, 3.05) is 18.4 Å². The predicted molar refractivity (Wildman–Crippen MR) is 145 cm³/mol. The summed E-state index contributed by atoms with van der Waals surface area (Å²) >= 11 is 5.33. The first-order valence-electron chi connectivity index (χ1n) is 11.6. The molecule has 34 heavy (non-hydrogen) atoms. The largest absolute Gasteiger partial charge is 0.347 e. The minimum atomic E-state index is -3.57. The second kappa shape index (κ2) is 11.6. The highest BCUT2D eigenvalue weighted by molar-refractivity contribution is 7.89. The van der Waals surface area contributed by atoms with Gasteiger partial charge in [0.2, 0.25) is 10.0 Å². The average molecular weight is 500 g/mol. The van der Waals surface area contributed by atoms with E-state index in [4.69, 9.17) is 12.2 Å². The lowest BCUT2D eigenvalue weighted by molar-refractivity contribution is 0.410. The smallest absolute Gasteiger partial charge is 0.243 e. The second-order valence-corrected chi connectivity index (χ2v) is 10.5. The summed E-state index contributed by atoms with van der Waals surface area (Å²) in [5.74, 6) is 0. The number of nitrogens with one attached hydrogen (secondary N) is 2. The van der Waals surface area contributed by atoms with Crippen molar-refractivity contribution in [1.29, 1.82) is 0 Å². The molecule has 0 saturated carbocycles. The van der Waals surface area contributed by atoms with Crippen molar-refractivity contribution >= 4 is 50.2 Å². The van der Waals surface area contributed by atoms with Crippen LogP contribution in [0.4, 0.5) is 5.69 Å². The van der Waals surface area contributed by atoms with E-state index in [1.165, 1.54) is 5.56 Å². The molecule has 0 bridgehead atoms. The van der Waals surface area contributed by atoms with Crippen LogP contribution in [0.15, 0.2) is 58.7 Å². The lowest BCUT2D eigenvalue weighted by atomic mass is 10.2. The molecule has 0 spiro atoms. The summed E-state index contributed by atoms with van der Waals surface area (Å²) in [6.07, 6.45) is 5.18. The van der Waals surface area contributed by atoms with E-state index in [0.29, 0.717) is 23.1 Å². The zero-order valence-corrected chi connectivity index (χ0v) is 21.8. The third kappa shape index (κ3) is 6.02. The molecule has 0 fully saturated rings. The zero-order chi connectivity index (χ0) is 24.7. The number of nitrogens with zero attached hydrogens (tertiary/aromatic N) is 3. The Morgan fingerprint density at radius 1 is 1.09 bits per heavy atom. The van der Waals surface area contributed by atoms with E-state index in [-0.39, 0.29) is 0 Å². The molecule has 7 nitrogen and oxygen atoms in total. The van der Waals surface area contributed by atoms with Crippen LogP contribution in [0.2, 0.25) is 0 Å². The molecular weight excluding hydrogens is 466 g/mol. The molecule has 0 amide bonds. The number of aryl methyl sites for hydroxylation is 2. The third-order valence-corrected chi connectivity index (χ3v) is 7.58. The Balaban J connectivity index is 1.85. The van der Waals surface area contributed by atoms with Crippen molar-refractivity contribution in [3.63, 3.8) is 0 Å². The number of sulfonamides is 1. The minimum absolute atomic E-state index is 0.301. The normalized spacial score (nSPS) is 12.0. The fraction of sp³-hybridized carbons (Fsp3) is 0.360. The van der Waals surface area contributed by atoms with E-state index in [0.717, 1.165) is 41.5 Å². The summed E-state index contributed by atoms with van der Waals surface area (Å²) < 4.78 is 30.2. The Labute approximate surface area is 207 Å². The van der Waals surface area contributed by atoms with Gasteiger partial charge in [-0.15, -0.1) is 0 Å². The van der Waals surface area contributed by atoms with Gasteiger partial charge in [0.1, 0.15) is 0 Å². The van der Waals surface area contributed by atoms with Crippen LogP contribution in [-0.4, -0.2) is 41.7 Å². The highest BCUT2D eigenvalue weighted by Gasteiger charge is 2.24. The van der Waals surface area contributed by atoms with Gasteiger partial charge in [-0.05, 0) is 69.2 Å². The van der Waals surface area contributed by atoms with Crippen LogP contribution in [0.5, 0.6) is 0 Å². The maximum absolute atomic E-state index is 13.3. The number of anilines is 1. The highest BCUT2D eigenvalue weighted by Crippen LogP contribution is 2.26. The molecule has 1 aromatic heterocycles. The maximum Gasteiger partial charge on any atom is 0.243 e. The topological polar surface area (TPSA) is 78.7 Å². The molecule has 3 aromatic rings. The van der Waals surface area contributed by atoms with Crippen LogP contribution >= 0.6 is 12.2 Å². The SMILES string of the molecule is CCCN(CCC)S(=O)(=O)c1ccc2c(c1)c(C=NNC(=S)Nc1ccc(C)cc1)cn2CC. The first-order chi connectivity index (χ1) is 16.3. The van der Waals surface area contributed by atoms with E-state index in [2.05, 4.69) is 20.4 Å². The Morgan fingerprint density at radius 3 is 2.38 bits per heavy atom. The van der Waals surface area contributed by atoms with Crippen LogP contribution in [0.25, 0.3) is 10.9 Å². The fourth-order valence-electron chi connectivity index (χ4n) is 3.79. The molecule has 0 aliphatic rings. The van der Waals surface area contributed by atoms with Crippen LogP contribution in [0.1, 0.15) is 44.7 Å². The van der Waals surface area contributed by atoms with Gasteiger partial charge < -0.3 is 9.88 Å². The lowest BCUT2D eigenvalue weighted by Crippen LogP contribution is -2.32. The summed E-state index contributed by atoms with van der Waals surface area (Å²) in [5.41, 5.74) is 6.66. The molecule has 9 heteroatoms. The Bertz CT molecular complexity index is 1260. The first kappa shape index (κ1) is 25.9. The van der Waals surface area contributed by atoms with Gasteiger partial charge in [-0.3, -0.25) is 5.43 Å². The molecule has 0 radical (unpaired) electrons. The highest BCUT2D eigenvalue weighted by atomic mass is 32.2. The van der Waals surface area contributed by atoms with Gasteiger partial charge in [0.25, 0.3) is 0 Å². The van der Waals surface area contributed by atoms with Gasteiger partial charge in [-0.2, -0.15) is 9.41 Å². The van der Waals surface area contributed by atoms with Crippen LogP contribution in [-0.2, 0) is 16.6 Å². The molecule has 0 aliphatic carbocycles. The molecule has 182 valence electrons. The van der Waals surface area contributed by atoms with Gasteiger partial charge in [0.05, 0.1) is 11.1 Å². The van der Waals surface area contributed by atoms with E-state index in [9.17, 15) is 8.42 Å². The van der Waals surface area contributed by atoms with Crippen molar-refractivity contribution in [2.45, 2.75) is 52.0 Å². The van der Waals surface area contributed by atoms with E-state index < -0.39 is 10.0 Å². The number of rotatable bonds is 10. The van der Waals surface area contributed by atoms with Crippen LogP contribution in [0, 0.1) is 6.92 Å². The molecule has 0 saturated heterocycles. The summed E-state index contributed by atoms with van der Waals surface area (Å²) in [4.78, 5) is 0.301. The van der Waals surface area contributed by atoms with E-state index in [1.807, 2.05) is 64.2 Å². The van der Waals surface area contributed by atoms with Gasteiger partial charge in [-0.1, -0.05) is 31.5 Å². The molecule has 3 rings (SSSR count). The third-order valence-electron chi connectivity index (χ3n) is 5.49. The summed E-state index contributed by atoms with van der Waals surface area (Å²) in [6, 6.07) is 13.2. The quantitative estimate of drug-likeness (QED) is 0.230. The predicted octanol–water partition coefficient (Wildman–Crippen LogP) is 5.10. The first-order valence-corrected chi connectivity index (χ1v) is 13.4. The van der Waals surface area contributed by atoms with Gasteiger partial charge in [-0.25, -0.2) is 8.42 Å². The number of thiocarbonyl (C=S) groups is 1. The van der Waals surface area contributed by atoms with Gasteiger partial charge in [0, 0.05) is 48.0 Å². The maximum atomic E-state index is 13.3. The van der Waals surface area contributed by atoms with Crippen molar-refractivity contribution in [2.24, 2.45) is 5.10 Å². The Hall–Kier alpha value is -2.75. The number of hydrazone groups is 1. The average Bonchev–Trinajstić information content (AvgIpc) is 3.17. The number of fused-ring (bicyclic) bond motifs is 1. The monoisotopic (exact) mass is 499 g/mol. The second-order valence-electron chi connectivity index (χ2n) is 8.14. The summed E-state index contributed by atoms with van der Waals surface area (Å²) in [5, 5.41) is 8.58. The molecule has 2 N–H and O–H groups in total. The minimum Gasteiger partial charge on any atom is -0.347 e. The standard InChI is InChI=1S/C25H33N5O2S2/c1-5-14-30(15-6-2)34(31,32)22-12-13-24-23(16-22)20(18-29(24)7-3)17-26-28-25(33)27-21-10-8-19(4)9-11-21/h8-13,16-18H,5-7,14-15H2,1-4H3,(H2,27,28,33). The van der Waals surface area contributed by atoms with Crippen LogP contribution in [0.3, 0.4) is 0 Å². The molecule has 0 atom stereocenters. The van der Waals surface area contributed by atoms with Crippen molar-refractivity contribution in [3.8, 4) is 0 Å². The number of hydrogen-bond acceptors (Lipinski definition) is 4. The molecular formula is C25H33N5O2S2. The fourth-order valence-corrected chi connectivity index (χ4v) is 5.61. The Morgan fingerprint density at radius 2 is 1.76 bits per heavy atom. The number of hydrogen-bond donors (Lipinski definition) is 2. The number of aromatic nitrogens is 1. The van der Waals surface area contributed by atoms with Crippen LogP contribution < -0.4 is 10.7 Å². The summed E-state index contributed by atoms with van der Waals surface area (Å²) in [7, 11) is -3.57. The zero-order valence-electron chi connectivity index (χ0n) is 20.2. The number of benzene rings is 2. The van der Waals surface area contributed by atoms with Crippen molar-refractivity contribution in [1.82, 2.24) is 14.3 Å². The summed E-state index contributed by atoms with van der Waals surface area (Å²) in [6.45, 7) is 9.83. The van der Waals surface area contributed by atoms with Crippen molar-refractivity contribution in [3.05, 3.63) is 59.8 Å². The molecule has 2 aromatic carbocycles. The molecule has 0 aliphatic heterocycles. The molecule has 1 heterocycles. The lowest BCUT2D eigenvalue weighted by Gasteiger charge is -2.21. The Kier molecular flexibility index (Phi) is 8.82.